The molecular formula is C48H78NO8P. The van der Waals surface area contributed by atoms with Gasteiger partial charge in [-0.25, -0.2) is 0 Å². The van der Waals surface area contributed by atoms with Crippen molar-refractivity contribution in [2.75, 3.05) is 47.5 Å². The maximum absolute atomic E-state index is 12.7. The molecule has 1 unspecified atom stereocenters. The first-order chi connectivity index (χ1) is 28.0. The molecule has 0 aliphatic heterocycles. The third-order valence-electron chi connectivity index (χ3n) is 8.38. The predicted molar refractivity (Wildman–Crippen MR) is 240 cm³/mol. The molecule has 0 aliphatic rings. The number of carbonyl (C=O) groups excluding carboxylic acids is 2. The van der Waals surface area contributed by atoms with E-state index in [2.05, 4.69) is 80.7 Å². The summed E-state index contributed by atoms with van der Waals surface area (Å²) in [5.41, 5.74) is 0. The van der Waals surface area contributed by atoms with E-state index in [9.17, 15) is 19.0 Å². The summed E-state index contributed by atoms with van der Waals surface area (Å²) in [5.74, 6) is -0.972. The molecule has 0 rings (SSSR count). The highest BCUT2D eigenvalue weighted by molar-refractivity contribution is 7.45. The first-order valence-electron chi connectivity index (χ1n) is 21.6. The second kappa shape index (κ2) is 39.1. The summed E-state index contributed by atoms with van der Waals surface area (Å²) in [4.78, 5) is 37.5. The van der Waals surface area contributed by atoms with E-state index >= 15 is 0 Å². The highest BCUT2D eigenvalue weighted by Gasteiger charge is 2.21. The summed E-state index contributed by atoms with van der Waals surface area (Å²) < 4.78 is 33.7. The lowest BCUT2D eigenvalue weighted by Crippen LogP contribution is -2.37. The maximum Gasteiger partial charge on any atom is 0.306 e. The zero-order valence-corrected chi connectivity index (χ0v) is 37.6. The number of hydrogen-bond acceptors (Lipinski definition) is 8. The molecule has 0 radical (unpaired) electrons. The number of ether oxygens (including phenoxy) is 2. The molecular weight excluding hydrogens is 750 g/mol. The fraction of sp³-hybridized carbons (Fsp3) is 0.583. The van der Waals surface area contributed by atoms with E-state index in [1.54, 1.807) is 0 Å². The van der Waals surface area contributed by atoms with Gasteiger partial charge in [-0.3, -0.25) is 14.2 Å². The fourth-order valence-electron chi connectivity index (χ4n) is 5.00. The molecule has 0 N–H and O–H groups in total. The van der Waals surface area contributed by atoms with Gasteiger partial charge in [0.1, 0.15) is 19.8 Å². The summed E-state index contributed by atoms with van der Waals surface area (Å²) in [6.07, 6.45) is 52.7. The number of carbonyl (C=O) groups is 2. The van der Waals surface area contributed by atoms with Crippen molar-refractivity contribution in [3.63, 3.8) is 0 Å². The highest BCUT2D eigenvalue weighted by Crippen LogP contribution is 2.38. The Labute approximate surface area is 353 Å². The third kappa shape index (κ3) is 42.3. The highest BCUT2D eigenvalue weighted by atomic mass is 31.2. The number of phosphoric ester groups is 1. The van der Waals surface area contributed by atoms with Gasteiger partial charge in [0.15, 0.2) is 6.10 Å². The van der Waals surface area contributed by atoms with Crippen LogP contribution in [-0.2, 0) is 32.7 Å². The summed E-state index contributed by atoms with van der Waals surface area (Å²) in [5, 5.41) is 0. The van der Waals surface area contributed by atoms with Crippen molar-refractivity contribution in [2.45, 2.75) is 136 Å². The molecule has 0 aliphatic carbocycles. The fourth-order valence-corrected chi connectivity index (χ4v) is 5.73. The first kappa shape index (κ1) is 54.7. The topological polar surface area (TPSA) is 111 Å². The molecule has 0 saturated carbocycles. The van der Waals surface area contributed by atoms with Gasteiger partial charge in [-0.2, -0.15) is 0 Å². The van der Waals surface area contributed by atoms with E-state index in [0.29, 0.717) is 23.9 Å². The Morgan fingerprint density at radius 2 is 1.09 bits per heavy atom. The maximum atomic E-state index is 12.7. The summed E-state index contributed by atoms with van der Waals surface area (Å²) in [6, 6.07) is 0. The minimum Gasteiger partial charge on any atom is -0.756 e. The number of allylic oxidation sites excluding steroid dienone is 18. The summed E-state index contributed by atoms with van der Waals surface area (Å²) in [7, 11) is 1.09. The van der Waals surface area contributed by atoms with E-state index in [4.69, 9.17) is 18.5 Å². The number of unbranched alkanes of at least 4 members (excludes halogenated alkanes) is 8. The predicted octanol–water partition coefficient (Wildman–Crippen LogP) is 11.7. The Balaban J connectivity index is 4.56. The number of esters is 2. The smallest absolute Gasteiger partial charge is 0.306 e. The quantitative estimate of drug-likeness (QED) is 0.0152. The molecule has 0 amide bonds. The van der Waals surface area contributed by atoms with Crippen LogP contribution in [0.3, 0.4) is 0 Å². The Morgan fingerprint density at radius 1 is 0.569 bits per heavy atom. The van der Waals surface area contributed by atoms with Gasteiger partial charge in [-0.1, -0.05) is 155 Å². The molecule has 0 fully saturated rings. The van der Waals surface area contributed by atoms with Crippen LogP contribution in [-0.4, -0.2) is 70.0 Å². The Kier molecular flexibility index (Phi) is 36.9. The molecule has 328 valence electrons. The summed E-state index contributed by atoms with van der Waals surface area (Å²) in [6.45, 7) is 3.91. The minimum atomic E-state index is -4.66. The second-order valence-electron chi connectivity index (χ2n) is 15.1. The standard InChI is InChI=1S/C48H78NO8P/c1-6-8-10-12-14-16-18-20-22-23-24-25-27-28-30-32-34-36-38-40-47(50)54-44-46(45-56-58(52,53)55-43-42-49(3,4)5)57-48(51)41-39-37-35-33-31-29-26-21-19-17-15-13-11-9-7-2/h9,11,13-17,19-22,24-26,28,30,34,36,46H,6-8,10,12,18,23,27,29,31-33,35,37-45H2,1-5H3/b11-9+,15-13+,16-14+,19-17+,22-20+,25-24+,26-21+,30-28+,36-34+/t46-/m1/s1. The molecule has 0 aromatic heterocycles. The Morgan fingerprint density at radius 3 is 1.69 bits per heavy atom. The number of likely N-dealkylation sites (N-methyl/N-ethyl adjacent to an activating group) is 1. The summed E-state index contributed by atoms with van der Waals surface area (Å²) >= 11 is 0. The zero-order chi connectivity index (χ0) is 42.8. The largest absolute Gasteiger partial charge is 0.756 e. The van der Waals surface area contributed by atoms with E-state index in [1.165, 1.54) is 25.7 Å². The number of phosphoric acid groups is 1. The van der Waals surface area contributed by atoms with Crippen LogP contribution in [0.5, 0.6) is 0 Å². The van der Waals surface area contributed by atoms with Crippen molar-refractivity contribution in [1.82, 2.24) is 0 Å². The third-order valence-corrected chi connectivity index (χ3v) is 9.35. The zero-order valence-electron chi connectivity index (χ0n) is 36.7. The van der Waals surface area contributed by atoms with Crippen LogP contribution < -0.4 is 4.89 Å². The van der Waals surface area contributed by atoms with Gasteiger partial charge in [-0.15, -0.1) is 0 Å². The van der Waals surface area contributed by atoms with Gasteiger partial charge in [0.05, 0.1) is 27.7 Å². The molecule has 2 atom stereocenters. The lowest BCUT2D eigenvalue weighted by molar-refractivity contribution is -0.870. The van der Waals surface area contributed by atoms with Crippen molar-refractivity contribution < 1.29 is 42.1 Å². The molecule has 0 heterocycles. The molecule has 58 heavy (non-hydrogen) atoms. The van der Waals surface area contributed by atoms with Gasteiger partial charge < -0.3 is 27.9 Å². The van der Waals surface area contributed by atoms with Crippen molar-refractivity contribution in [3.05, 3.63) is 109 Å². The average Bonchev–Trinajstić information content (AvgIpc) is 3.17. The van der Waals surface area contributed by atoms with Gasteiger partial charge in [0, 0.05) is 12.8 Å². The van der Waals surface area contributed by atoms with Crippen LogP contribution >= 0.6 is 7.82 Å². The van der Waals surface area contributed by atoms with Crippen molar-refractivity contribution in [1.29, 1.82) is 0 Å². The van der Waals surface area contributed by atoms with Gasteiger partial charge in [0.2, 0.25) is 0 Å². The van der Waals surface area contributed by atoms with Crippen LogP contribution in [0.1, 0.15) is 129 Å². The van der Waals surface area contributed by atoms with Crippen LogP contribution in [0, 0.1) is 0 Å². The van der Waals surface area contributed by atoms with Gasteiger partial charge >= 0.3 is 11.9 Å². The van der Waals surface area contributed by atoms with Crippen molar-refractivity contribution >= 4 is 19.8 Å². The molecule has 0 saturated heterocycles. The van der Waals surface area contributed by atoms with Crippen LogP contribution in [0.4, 0.5) is 0 Å². The molecule has 0 aromatic rings. The van der Waals surface area contributed by atoms with Crippen LogP contribution in [0.2, 0.25) is 0 Å². The van der Waals surface area contributed by atoms with Crippen LogP contribution in [0.25, 0.3) is 0 Å². The van der Waals surface area contributed by atoms with Gasteiger partial charge in [0.25, 0.3) is 7.82 Å². The minimum absolute atomic E-state index is 0.0538. The first-order valence-corrected chi connectivity index (χ1v) is 23.1. The van der Waals surface area contributed by atoms with Crippen molar-refractivity contribution in [3.8, 4) is 0 Å². The number of rotatable bonds is 37. The number of nitrogens with zero attached hydrogens (tertiary/aromatic N) is 1. The molecule has 0 spiro atoms. The second-order valence-corrected chi connectivity index (χ2v) is 16.5. The normalized spacial score (nSPS) is 14.7. The molecule has 0 bridgehead atoms. The Hall–Kier alpha value is -3.33. The molecule has 10 heteroatoms. The average molecular weight is 828 g/mol. The SMILES string of the molecule is CC/C=C/C=C/C=C/C=C/CCCCCCCC(=O)O[C@H](COC(=O)CC/C=C/C/C=C/C/C=C/C/C=C/C/C=C/CCCCC)COP(=O)([O-])OCC[N+](C)(C)C. The van der Waals surface area contributed by atoms with E-state index < -0.39 is 32.5 Å². The number of quaternary nitrogens is 1. The lowest BCUT2D eigenvalue weighted by Gasteiger charge is -2.28. The monoisotopic (exact) mass is 828 g/mol. The number of hydrogen-bond donors (Lipinski definition) is 0. The van der Waals surface area contributed by atoms with E-state index in [1.807, 2.05) is 63.7 Å². The lowest BCUT2D eigenvalue weighted by atomic mass is 10.1. The van der Waals surface area contributed by atoms with Crippen molar-refractivity contribution in [2.24, 2.45) is 0 Å². The molecule has 9 nitrogen and oxygen atoms in total. The van der Waals surface area contributed by atoms with E-state index in [-0.39, 0.29) is 26.1 Å². The van der Waals surface area contributed by atoms with Crippen LogP contribution in [0.15, 0.2) is 109 Å². The Bertz CT molecular complexity index is 1350. The molecule has 0 aromatic carbocycles. The van der Waals surface area contributed by atoms with E-state index in [0.717, 1.165) is 64.2 Å². The van der Waals surface area contributed by atoms with Gasteiger partial charge in [-0.05, 0) is 70.6 Å².